The number of hydrogen-bond donors (Lipinski definition) is 1. The highest BCUT2D eigenvalue weighted by molar-refractivity contribution is 5.87. The van der Waals surface area contributed by atoms with E-state index >= 15 is 4.39 Å². The van der Waals surface area contributed by atoms with Gasteiger partial charge in [0.25, 0.3) is 0 Å². The molecule has 0 heterocycles. The highest BCUT2D eigenvalue weighted by Gasteiger charge is 2.13. The molecule has 0 radical (unpaired) electrons. The number of ether oxygens (including phenoxy) is 2. The second-order valence-corrected chi connectivity index (χ2v) is 9.77. The lowest BCUT2D eigenvalue weighted by molar-refractivity contribution is -0.139. The van der Waals surface area contributed by atoms with E-state index in [1.54, 1.807) is 43.3 Å². The molecule has 0 fully saturated rings. The number of hydrogen-bond acceptors (Lipinski definition) is 4. The Hall–Kier alpha value is -3.77. The number of aryl methyl sites for hydroxylation is 2. The molecule has 0 amide bonds. The average Bonchev–Trinajstić information content (AvgIpc) is 2.98. The summed E-state index contributed by atoms with van der Waals surface area (Å²) in [7, 11) is 0. The van der Waals surface area contributed by atoms with Crippen molar-refractivity contribution in [2.75, 3.05) is 19.8 Å². The molecule has 3 aromatic carbocycles. The molecular weight excluding hydrogens is 510 g/mol. The van der Waals surface area contributed by atoms with Gasteiger partial charge < -0.3 is 14.6 Å². The van der Waals surface area contributed by atoms with E-state index in [2.05, 4.69) is 13.5 Å². The van der Waals surface area contributed by atoms with Crippen LogP contribution in [0.2, 0.25) is 0 Å². The van der Waals surface area contributed by atoms with Gasteiger partial charge in [0.2, 0.25) is 0 Å². The number of aliphatic hydroxyl groups excluding tert-OH is 1. The maximum Gasteiger partial charge on any atom is 0.333 e. The summed E-state index contributed by atoms with van der Waals surface area (Å²) in [6, 6.07) is 19.3. The van der Waals surface area contributed by atoms with Gasteiger partial charge in [0, 0.05) is 16.7 Å². The molecule has 1 N–H and O–H groups in total. The first-order chi connectivity index (χ1) is 19.3. The molecule has 0 aliphatic rings. The Kier molecular flexibility index (Phi) is 12.1. The minimum Gasteiger partial charge on any atom is -0.491 e. The van der Waals surface area contributed by atoms with E-state index in [9.17, 15) is 9.18 Å². The van der Waals surface area contributed by atoms with Gasteiger partial charge in [0.1, 0.15) is 12.4 Å². The zero-order chi connectivity index (χ0) is 28.9. The van der Waals surface area contributed by atoms with Gasteiger partial charge in [0.05, 0.1) is 13.2 Å². The Morgan fingerprint density at radius 3 is 2.05 bits per heavy atom. The summed E-state index contributed by atoms with van der Waals surface area (Å²) in [6.45, 7) is 7.61. The molecule has 4 nitrogen and oxygen atoms in total. The summed E-state index contributed by atoms with van der Waals surface area (Å²) in [6.07, 6.45) is 5.46. The van der Waals surface area contributed by atoms with Crippen LogP contribution in [0.25, 0.3) is 22.8 Å². The van der Waals surface area contributed by atoms with Gasteiger partial charge in [-0.1, -0.05) is 80.9 Å². The second kappa shape index (κ2) is 15.7. The monoisotopic (exact) mass is 548 g/mol. The Balaban J connectivity index is 1.74. The van der Waals surface area contributed by atoms with Gasteiger partial charge in [-0.25, -0.2) is 13.6 Å². The summed E-state index contributed by atoms with van der Waals surface area (Å²) in [5, 5.41) is 9.16. The van der Waals surface area contributed by atoms with E-state index in [0.29, 0.717) is 24.2 Å². The summed E-state index contributed by atoms with van der Waals surface area (Å²) in [4.78, 5) is 11.6. The first-order valence-electron chi connectivity index (χ1n) is 13.8. The number of unbranched alkanes of at least 4 members (excludes halogenated alkanes) is 2. The smallest absolute Gasteiger partial charge is 0.333 e. The van der Waals surface area contributed by atoms with Crippen molar-refractivity contribution in [2.45, 2.75) is 52.4 Å². The van der Waals surface area contributed by atoms with Crippen molar-refractivity contribution in [3.8, 4) is 16.9 Å². The van der Waals surface area contributed by atoms with Crippen LogP contribution in [0.15, 0.2) is 78.9 Å². The standard InChI is InChI=1S/C34H38F2O4/c1-4-5-6-8-25-10-12-27(13-11-25)32(35)33(36)28-16-14-26(15-17-28)29-18-19-31(39-22-20-37)30(23-29)9-7-21-40-34(38)24(2)3/h10-19,23,37H,2,4-9,20-22H2,1,3H3/b33-32+. The lowest BCUT2D eigenvalue weighted by Gasteiger charge is -2.13. The molecule has 6 heteroatoms. The highest BCUT2D eigenvalue weighted by atomic mass is 19.2. The Morgan fingerprint density at radius 1 is 0.825 bits per heavy atom. The summed E-state index contributed by atoms with van der Waals surface area (Å²) >= 11 is 0. The molecule has 3 aromatic rings. The fourth-order valence-corrected chi connectivity index (χ4v) is 4.26. The largest absolute Gasteiger partial charge is 0.491 e. The molecular formula is C34H38F2O4. The number of rotatable bonds is 15. The first-order valence-corrected chi connectivity index (χ1v) is 13.8. The van der Waals surface area contributed by atoms with Crippen molar-refractivity contribution >= 4 is 17.6 Å². The maximum atomic E-state index is 15.0. The van der Waals surface area contributed by atoms with Crippen molar-refractivity contribution in [1.29, 1.82) is 0 Å². The molecule has 40 heavy (non-hydrogen) atoms. The number of benzene rings is 3. The second-order valence-electron chi connectivity index (χ2n) is 9.77. The van der Waals surface area contributed by atoms with Crippen LogP contribution in [-0.4, -0.2) is 30.9 Å². The van der Waals surface area contributed by atoms with Crippen molar-refractivity contribution in [3.63, 3.8) is 0 Å². The summed E-state index contributed by atoms with van der Waals surface area (Å²) < 4.78 is 40.9. The summed E-state index contributed by atoms with van der Waals surface area (Å²) in [5.74, 6) is -1.58. The predicted molar refractivity (Wildman–Crippen MR) is 157 cm³/mol. The summed E-state index contributed by atoms with van der Waals surface area (Å²) in [5.41, 5.74) is 4.44. The molecule has 0 aliphatic heterocycles. The van der Waals surface area contributed by atoms with Crippen LogP contribution < -0.4 is 4.74 Å². The molecule has 0 saturated carbocycles. The van der Waals surface area contributed by atoms with Gasteiger partial charge in [-0.2, -0.15) is 0 Å². The molecule has 3 rings (SSSR count). The van der Waals surface area contributed by atoms with Crippen LogP contribution in [0.4, 0.5) is 8.78 Å². The van der Waals surface area contributed by atoms with Crippen molar-refractivity contribution in [1.82, 2.24) is 0 Å². The third kappa shape index (κ3) is 8.88. The van der Waals surface area contributed by atoms with Crippen LogP contribution in [0, 0.1) is 0 Å². The van der Waals surface area contributed by atoms with Gasteiger partial charge in [-0.3, -0.25) is 0 Å². The zero-order valence-electron chi connectivity index (χ0n) is 23.3. The van der Waals surface area contributed by atoms with E-state index in [0.717, 1.165) is 47.9 Å². The lowest BCUT2D eigenvalue weighted by Crippen LogP contribution is -2.08. The number of esters is 1. The third-order valence-electron chi connectivity index (χ3n) is 6.52. The molecule has 0 saturated heterocycles. The molecule has 0 spiro atoms. The maximum absolute atomic E-state index is 15.0. The SMILES string of the molecule is C=C(C)C(=O)OCCCc1cc(-c2ccc(/C(F)=C(\F)c3ccc(CCCCC)cc3)cc2)ccc1OCCO. The van der Waals surface area contributed by atoms with Crippen LogP contribution in [0.1, 0.15) is 61.8 Å². The van der Waals surface area contributed by atoms with Crippen LogP contribution >= 0.6 is 0 Å². The number of carbonyl (C=O) groups is 1. The zero-order valence-corrected chi connectivity index (χ0v) is 23.3. The van der Waals surface area contributed by atoms with Gasteiger partial charge in [0.15, 0.2) is 11.7 Å². The van der Waals surface area contributed by atoms with Crippen molar-refractivity contribution in [3.05, 3.63) is 101 Å². The molecule has 0 bridgehead atoms. The fourth-order valence-electron chi connectivity index (χ4n) is 4.26. The minimum atomic E-state index is -0.900. The van der Waals surface area contributed by atoms with Crippen molar-refractivity contribution < 1.29 is 28.2 Å². The van der Waals surface area contributed by atoms with Crippen LogP contribution in [0.5, 0.6) is 5.75 Å². The Morgan fingerprint density at radius 2 is 1.45 bits per heavy atom. The fraction of sp³-hybridized carbons (Fsp3) is 0.324. The van der Waals surface area contributed by atoms with E-state index in [1.807, 2.05) is 30.3 Å². The lowest BCUT2D eigenvalue weighted by atomic mass is 9.98. The average molecular weight is 549 g/mol. The molecule has 0 aliphatic carbocycles. The minimum absolute atomic E-state index is 0.113. The third-order valence-corrected chi connectivity index (χ3v) is 6.52. The van der Waals surface area contributed by atoms with Crippen molar-refractivity contribution in [2.24, 2.45) is 0 Å². The van der Waals surface area contributed by atoms with Gasteiger partial charge in [-0.05, 0) is 67.0 Å². The Bertz CT molecular complexity index is 1290. The number of aliphatic hydroxyl groups is 1. The topological polar surface area (TPSA) is 55.8 Å². The van der Waals surface area contributed by atoms with E-state index in [-0.39, 0.29) is 30.9 Å². The Labute approximate surface area is 236 Å². The van der Waals surface area contributed by atoms with E-state index < -0.39 is 17.6 Å². The first kappa shape index (κ1) is 30.8. The normalized spacial score (nSPS) is 11.6. The van der Waals surface area contributed by atoms with Crippen LogP contribution in [-0.2, 0) is 22.4 Å². The number of carbonyl (C=O) groups excluding carboxylic acids is 1. The van der Waals surface area contributed by atoms with E-state index in [1.165, 1.54) is 0 Å². The molecule has 212 valence electrons. The van der Waals surface area contributed by atoms with Gasteiger partial charge >= 0.3 is 5.97 Å². The molecule has 0 atom stereocenters. The number of halogens is 2. The van der Waals surface area contributed by atoms with E-state index in [4.69, 9.17) is 14.6 Å². The molecule has 0 aromatic heterocycles. The van der Waals surface area contributed by atoms with Gasteiger partial charge in [-0.15, -0.1) is 0 Å². The quantitative estimate of drug-likeness (QED) is 0.0899. The van der Waals surface area contributed by atoms with Crippen LogP contribution in [0.3, 0.4) is 0 Å². The highest BCUT2D eigenvalue weighted by Crippen LogP contribution is 2.32. The molecule has 0 unspecified atom stereocenters. The predicted octanol–water partition coefficient (Wildman–Crippen LogP) is 8.27.